The van der Waals surface area contributed by atoms with Gasteiger partial charge in [-0.2, -0.15) is 13.2 Å². The number of H-pyrrole nitrogens is 1. The Labute approximate surface area is 370 Å². The van der Waals surface area contributed by atoms with Crippen LogP contribution in [0.3, 0.4) is 0 Å². The van der Waals surface area contributed by atoms with Crippen LogP contribution < -0.4 is 25.0 Å². The van der Waals surface area contributed by atoms with E-state index in [0.717, 1.165) is 51.0 Å². The lowest BCUT2D eigenvalue weighted by molar-refractivity contribution is -0.0435. The lowest BCUT2D eigenvalue weighted by Gasteiger charge is -2.39. The van der Waals surface area contributed by atoms with Crippen molar-refractivity contribution in [2.24, 2.45) is 5.41 Å². The van der Waals surface area contributed by atoms with Crippen molar-refractivity contribution in [1.29, 1.82) is 0 Å². The minimum absolute atomic E-state index is 0.0108. The van der Waals surface area contributed by atoms with Gasteiger partial charge in [0.1, 0.15) is 22.0 Å². The van der Waals surface area contributed by atoms with Gasteiger partial charge >= 0.3 is 5.51 Å². The molecule has 0 bridgehead atoms. The Morgan fingerprint density at radius 1 is 0.952 bits per heavy atom. The van der Waals surface area contributed by atoms with Gasteiger partial charge in [0.25, 0.3) is 25.8 Å². The maximum absolute atomic E-state index is 13.9. The molecular formula is C44H49ClF3N7O6S2. The van der Waals surface area contributed by atoms with Gasteiger partial charge in [-0.15, -0.1) is 0 Å². The number of benzene rings is 3. The van der Waals surface area contributed by atoms with E-state index in [9.17, 15) is 34.8 Å². The van der Waals surface area contributed by atoms with Gasteiger partial charge < -0.3 is 25.3 Å². The molecule has 1 fully saturated rings. The zero-order valence-corrected chi connectivity index (χ0v) is 37.4. The highest BCUT2D eigenvalue weighted by molar-refractivity contribution is 7.92. The standard InChI is InChI=1S/C44H49ClF3N7O6S2/c1-43(2)15-13-31(37(26-43)29-5-7-32(45)8-6-29)28-54-19-21-55(22-20-54)33-9-11-36(39(24-33)61-34-23-30-14-18-51-41(30)52-27-34)42(56)53-63(59,60)35-10-12-38(50-17-4-16-49-3)40(25-35)62(57,58)44(46,47)48/h5-12,14,18,23-25,27,49-50H,4,13,15-17,19-22,26,28H2,1-3H3,(H,51,52)(H,53,56). The predicted molar refractivity (Wildman–Crippen MR) is 239 cm³/mol. The number of aromatic nitrogens is 2. The molecule has 19 heteroatoms. The van der Waals surface area contributed by atoms with Gasteiger partial charge in [0.05, 0.1) is 22.3 Å². The van der Waals surface area contributed by atoms with E-state index in [1.54, 1.807) is 37.5 Å². The van der Waals surface area contributed by atoms with Crippen molar-refractivity contribution in [1.82, 2.24) is 24.9 Å². The van der Waals surface area contributed by atoms with Crippen LogP contribution in [-0.2, 0) is 19.9 Å². The van der Waals surface area contributed by atoms with Crippen LogP contribution in [0, 0.1) is 5.41 Å². The number of carbonyl (C=O) groups excluding carboxylic acids is 1. The predicted octanol–water partition coefficient (Wildman–Crippen LogP) is 8.23. The van der Waals surface area contributed by atoms with Crippen LogP contribution >= 0.6 is 11.6 Å². The van der Waals surface area contributed by atoms with Crippen molar-refractivity contribution in [2.45, 2.75) is 54.8 Å². The van der Waals surface area contributed by atoms with Crippen molar-refractivity contribution in [3.63, 3.8) is 0 Å². The number of hydrogen-bond donors (Lipinski definition) is 4. The average molecular weight is 928 g/mol. The molecule has 0 atom stereocenters. The third-order valence-electron chi connectivity index (χ3n) is 11.3. The maximum atomic E-state index is 13.9. The van der Waals surface area contributed by atoms with E-state index in [-0.39, 0.29) is 29.0 Å². The third-order valence-corrected chi connectivity index (χ3v) is 14.5. The highest BCUT2D eigenvalue weighted by Crippen LogP contribution is 2.44. The van der Waals surface area contributed by atoms with E-state index in [2.05, 4.69) is 56.4 Å². The number of piperazine rings is 1. The molecule has 2 aromatic heterocycles. The molecule has 13 nitrogen and oxygen atoms in total. The number of nitrogens with zero attached hydrogens (tertiary/aromatic N) is 3. The number of rotatable bonds is 15. The Kier molecular flexibility index (Phi) is 13.5. The Morgan fingerprint density at radius 3 is 2.41 bits per heavy atom. The number of allylic oxidation sites excluding steroid dienone is 1. The first-order valence-electron chi connectivity index (χ1n) is 20.4. The molecule has 63 heavy (non-hydrogen) atoms. The molecule has 3 heterocycles. The molecule has 5 aromatic rings. The normalized spacial score (nSPS) is 16.3. The van der Waals surface area contributed by atoms with E-state index in [0.29, 0.717) is 53.9 Å². The summed E-state index contributed by atoms with van der Waals surface area (Å²) in [6.45, 7) is 8.81. The quantitative estimate of drug-likeness (QED) is 0.0748. The van der Waals surface area contributed by atoms with Crippen molar-refractivity contribution >= 4 is 65.3 Å². The van der Waals surface area contributed by atoms with E-state index in [1.165, 1.54) is 29.0 Å². The number of sulfonamides is 1. The average Bonchev–Trinajstić information content (AvgIpc) is 3.71. The van der Waals surface area contributed by atoms with Crippen LogP contribution in [0.1, 0.15) is 55.5 Å². The summed E-state index contributed by atoms with van der Waals surface area (Å²) in [5.41, 5.74) is -0.906. The second-order valence-corrected chi connectivity index (χ2v) is 20.5. The van der Waals surface area contributed by atoms with E-state index >= 15 is 0 Å². The fraction of sp³-hybridized carbons (Fsp3) is 0.364. The zero-order valence-electron chi connectivity index (χ0n) is 35.0. The summed E-state index contributed by atoms with van der Waals surface area (Å²) in [6.07, 6.45) is 6.64. The van der Waals surface area contributed by atoms with Crippen molar-refractivity contribution in [3.8, 4) is 11.5 Å². The first-order valence-corrected chi connectivity index (χ1v) is 23.8. The number of pyridine rings is 1. The van der Waals surface area contributed by atoms with Gasteiger partial charge in [-0.1, -0.05) is 43.2 Å². The number of amides is 1. The Bertz CT molecular complexity index is 2740. The Balaban J connectivity index is 1.13. The Morgan fingerprint density at radius 2 is 1.70 bits per heavy atom. The molecule has 0 unspecified atom stereocenters. The Hall–Kier alpha value is -5.14. The van der Waals surface area contributed by atoms with Crippen molar-refractivity contribution in [3.05, 3.63) is 107 Å². The monoisotopic (exact) mass is 927 g/mol. The summed E-state index contributed by atoms with van der Waals surface area (Å²) in [4.78, 5) is 23.7. The molecule has 1 aliphatic carbocycles. The van der Waals surface area contributed by atoms with Crippen molar-refractivity contribution in [2.75, 3.05) is 63.1 Å². The number of alkyl halides is 3. The van der Waals surface area contributed by atoms with Crippen LogP contribution in [-0.4, -0.2) is 96.0 Å². The van der Waals surface area contributed by atoms with Gasteiger partial charge in [-0.25, -0.2) is 26.5 Å². The topological polar surface area (TPSA) is 166 Å². The van der Waals surface area contributed by atoms with Gasteiger partial charge in [-0.3, -0.25) is 9.69 Å². The number of carbonyl (C=O) groups is 1. The highest BCUT2D eigenvalue weighted by Gasteiger charge is 2.48. The summed E-state index contributed by atoms with van der Waals surface area (Å²) in [6, 6.07) is 18.5. The zero-order chi connectivity index (χ0) is 45.2. The molecule has 1 amide bonds. The summed E-state index contributed by atoms with van der Waals surface area (Å²) in [7, 11) is -9.27. The fourth-order valence-electron chi connectivity index (χ4n) is 7.87. The molecular weight excluding hydrogens is 879 g/mol. The van der Waals surface area contributed by atoms with Crippen LogP contribution in [0.25, 0.3) is 16.6 Å². The highest BCUT2D eigenvalue weighted by atomic mass is 35.5. The molecule has 2 aliphatic rings. The second kappa shape index (κ2) is 18.5. The first-order chi connectivity index (χ1) is 29.8. The van der Waals surface area contributed by atoms with Crippen LogP contribution in [0.5, 0.6) is 11.5 Å². The number of nitrogens with one attached hydrogen (secondary N) is 4. The second-order valence-electron chi connectivity index (χ2n) is 16.5. The third kappa shape index (κ3) is 10.6. The minimum Gasteiger partial charge on any atom is -0.455 e. The van der Waals surface area contributed by atoms with Gasteiger partial charge in [-0.05, 0) is 110 Å². The molecule has 336 valence electrons. The number of aromatic amines is 1. The number of hydrogen-bond acceptors (Lipinski definition) is 11. The van der Waals surface area contributed by atoms with Crippen LogP contribution in [0.15, 0.2) is 101 Å². The van der Waals surface area contributed by atoms with E-state index in [1.807, 2.05) is 16.9 Å². The summed E-state index contributed by atoms with van der Waals surface area (Å²) in [5.74, 6) is -0.920. The van der Waals surface area contributed by atoms with Gasteiger partial charge in [0.2, 0.25) is 0 Å². The van der Waals surface area contributed by atoms with Gasteiger partial charge in [0, 0.05) is 67.6 Å². The number of anilines is 2. The lowest BCUT2D eigenvalue weighted by atomic mass is 9.72. The largest absolute Gasteiger partial charge is 0.501 e. The molecule has 7 rings (SSSR count). The van der Waals surface area contributed by atoms with Crippen molar-refractivity contribution < 1.29 is 39.5 Å². The molecule has 0 saturated carbocycles. The van der Waals surface area contributed by atoms with Gasteiger partial charge in [0.15, 0.2) is 0 Å². The molecule has 4 N–H and O–H groups in total. The molecule has 1 saturated heterocycles. The molecule has 0 radical (unpaired) electrons. The van der Waals surface area contributed by atoms with E-state index < -0.39 is 46.8 Å². The summed E-state index contributed by atoms with van der Waals surface area (Å²) >= 11 is 6.22. The number of halogens is 4. The summed E-state index contributed by atoms with van der Waals surface area (Å²) in [5, 5.41) is 6.92. The number of fused-ring (bicyclic) bond motifs is 1. The SMILES string of the molecule is CNCCCNc1ccc(S(=O)(=O)NC(=O)c2ccc(N3CCN(CC4=C(c5ccc(Cl)cc5)CC(C)(C)CC4)CC3)cc2Oc2cnc3[nH]ccc3c2)cc1S(=O)(=O)C(F)(F)F. The molecule has 0 spiro atoms. The first kappa shape index (κ1) is 45.9. The number of ether oxygens (including phenoxy) is 1. The van der Waals surface area contributed by atoms with E-state index in [4.69, 9.17) is 16.3 Å². The molecule has 1 aliphatic heterocycles. The maximum Gasteiger partial charge on any atom is 0.501 e. The lowest BCUT2D eigenvalue weighted by Crippen LogP contribution is -2.47. The van der Waals surface area contributed by atoms with Crippen LogP contribution in [0.2, 0.25) is 5.02 Å². The molecule has 3 aromatic carbocycles. The van der Waals surface area contributed by atoms with Crippen LogP contribution in [0.4, 0.5) is 24.5 Å². The minimum atomic E-state index is -6.01. The summed E-state index contributed by atoms with van der Waals surface area (Å²) < 4.78 is 102. The number of sulfone groups is 1. The smallest absolute Gasteiger partial charge is 0.455 e. The fourth-order valence-corrected chi connectivity index (χ4v) is 10.0.